The molecule has 0 aliphatic carbocycles. The number of amides is 2. The molecule has 3 heterocycles. The van der Waals surface area contributed by atoms with Crippen LogP contribution >= 0.6 is 0 Å². The molecule has 2 fully saturated rings. The molecule has 1 unspecified atom stereocenters. The van der Waals surface area contributed by atoms with Crippen LogP contribution < -0.4 is 4.90 Å². The third-order valence-corrected chi connectivity index (χ3v) is 7.89. The van der Waals surface area contributed by atoms with Crippen molar-refractivity contribution in [3.05, 3.63) is 29.8 Å². The summed E-state index contributed by atoms with van der Waals surface area (Å²) in [6.45, 7) is 8.90. The van der Waals surface area contributed by atoms with Crippen molar-refractivity contribution < 1.29 is 9.59 Å². The largest absolute Gasteiger partial charge is 0.337 e. The monoisotopic (exact) mass is 468 g/mol. The molecular weight excluding hydrogens is 424 g/mol. The highest BCUT2D eigenvalue weighted by molar-refractivity contribution is 5.92. The molecule has 2 saturated heterocycles. The quantitative estimate of drug-likeness (QED) is 0.662. The number of carbonyl (C=O) groups excluding carboxylic acids is 2. The number of hydrogen-bond acceptors (Lipinski definition) is 4. The van der Waals surface area contributed by atoms with Crippen LogP contribution in [0.3, 0.4) is 0 Å². The first kappa shape index (κ1) is 25.2. The van der Waals surface area contributed by atoms with Crippen molar-refractivity contribution in [2.24, 2.45) is 0 Å². The lowest BCUT2D eigenvalue weighted by Gasteiger charge is -2.39. The number of fused-ring (bicyclic) bond motifs is 1. The van der Waals surface area contributed by atoms with Crippen molar-refractivity contribution in [2.45, 2.75) is 83.7 Å². The highest BCUT2D eigenvalue weighted by atomic mass is 16.2. The Bertz CT molecular complexity index is 807. The minimum Gasteiger partial charge on any atom is -0.337 e. The van der Waals surface area contributed by atoms with Gasteiger partial charge in [0.25, 0.3) is 0 Å². The predicted molar refractivity (Wildman–Crippen MR) is 138 cm³/mol. The summed E-state index contributed by atoms with van der Waals surface area (Å²) in [7, 11) is 0. The number of carbonyl (C=O) groups is 2. The minimum absolute atomic E-state index is 0.102. The molecule has 0 aromatic heterocycles. The minimum atomic E-state index is 0.102. The molecular formula is C28H44N4O2. The summed E-state index contributed by atoms with van der Waals surface area (Å²) in [5.74, 6) is 0.391. The van der Waals surface area contributed by atoms with E-state index in [9.17, 15) is 9.59 Å². The summed E-state index contributed by atoms with van der Waals surface area (Å²) in [6, 6.07) is 8.64. The van der Waals surface area contributed by atoms with E-state index in [2.05, 4.69) is 32.9 Å². The van der Waals surface area contributed by atoms with Crippen molar-refractivity contribution >= 4 is 17.5 Å². The Kier molecular flexibility index (Phi) is 9.40. The topological polar surface area (TPSA) is 47.1 Å². The molecule has 3 aliphatic heterocycles. The maximum absolute atomic E-state index is 13.6. The summed E-state index contributed by atoms with van der Waals surface area (Å²) in [5.41, 5.74) is 2.16. The molecule has 6 heteroatoms. The van der Waals surface area contributed by atoms with Gasteiger partial charge < -0.3 is 14.7 Å². The first-order valence-electron chi connectivity index (χ1n) is 13.7. The lowest BCUT2D eigenvalue weighted by Crippen LogP contribution is -2.51. The molecule has 0 saturated carbocycles. The van der Waals surface area contributed by atoms with Crippen LogP contribution in [0.2, 0.25) is 0 Å². The molecule has 2 amide bonds. The molecule has 1 aromatic carbocycles. The van der Waals surface area contributed by atoms with Gasteiger partial charge in [-0.15, -0.1) is 0 Å². The summed E-state index contributed by atoms with van der Waals surface area (Å²) in [6.07, 6.45) is 11.8. The van der Waals surface area contributed by atoms with Crippen LogP contribution in [0.5, 0.6) is 0 Å². The Morgan fingerprint density at radius 3 is 2.24 bits per heavy atom. The zero-order valence-electron chi connectivity index (χ0n) is 21.2. The number of nitrogens with zero attached hydrogens (tertiary/aromatic N) is 4. The summed E-state index contributed by atoms with van der Waals surface area (Å²) in [5, 5.41) is 0. The van der Waals surface area contributed by atoms with E-state index in [0.717, 1.165) is 76.1 Å². The van der Waals surface area contributed by atoms with Gasteiger partial charge in [-0.25, -0.2) is 0 Å². The lowest BCUT2D eigenvalue weighted by molar-refractivity contribution is -0.136. The summed E-state index contributed by atoms with van der Waals surface area (Å²) < 4.78 is 0. The molecule has 6 nitrogen and oxygen atoms in total. The summed E-state index contributed by atoms with van der Waals surface area (Å²) in [4.78, 5) is 35.1. The second kappa shape index (κ2) is 12.7. The van der Waals surface area contributed by atoms with E-state index < -0.39 is 0 Å². The van der Waals surface area contributed by atoms with Crippen LogP contribution in [-0.2, 0) is 16.1 Å². The third-order valence-electron chi connectivity index (χ3n) is 7.89. The number of para-hydroxylation sites is 1. The van der Waals surface area contributed by atoms with Gasteiger partial charge in [0.2, 0.25) is 11.8 Å². The fraction of sp³-hybridized carbons (Fsp3) is 0.714. The summed E-state index contributed by atoms with van der Waals surface area (Å²) >= 11 is 0. The normalized spacial score (nSPS) is 23.7. The molecule has 188 valence electrons. The zero-order valence-corrected chi connectivity index (χ0v) is 21.2. The number of benzene rings is 1. The Labute approximate surface area is 206 Å². The maximum Gasteiger partial charge on any atom is 0.237 e. The van der Waals surface area contributed by atoms with Crippen molar-refractivity contribution in [3.8, 4) is 0 Å². The molecule has 0 radical (unpaired) electrons. The standard InChI is InChI=1S/C28H44N4O2/c1-24(33)31-19-9-4-2-3-8-18-30(21-25-13-5-6-15-27(25)31)23-28(34)32-20-10-7-14-26(32)22-29-16-11-12-17-29/h5-6,13,15,26H,2-4,7-12,14,16-23H2,1H3. The predicted octanol–water partition coefficient (Wildman–Crippen LogP) is 4.28. The fourth-order valence-electron chi connectivity index (χ4n) is 6.01. The van der Waals surface area contributed by atoms with E-state index in [0.29, 0.717) is 12.6 Å². The highest BCUT2D eigenvalue weighted by Crippen LogP contribution is 2.25. The zero-order chi connectivity index (χ0) is 23.8. The van der Waals surface area contributed by atoms with Crippen molar-refractivity contribution in [1.29, 1.82) is 0 Å². The lowest BCUT2D eigenvalue weighted by atomic mass is 10.0. The average molecular weight is 469 g/mol. The van der Waals surface area contributed by atoms with Gasteiger partial charge in [0.15, 0.2) is 0 Å². The van der Waals surface area contributed by atoms with Crippen LogP contribution in [0.4, 0.5) is 5.69 Å². The Hall–Kier alpha value is -1.92. The maximum atomic E-state index is 13.6. The Morgan fingerprint density at radius 2 is 1.44 bits per heavy atom. The van der Waals surface area contributed by atoms with E-state index in [-0.39, 0.29) is 11.8 Å². The first-order valence-corrected chi connectivity index (χ1v) is 13.7. The number of likely N-dealkylation sites (tertiary alicyclic amines) is 2. The Balaban J connectivity index is 1.48. The number of hydrogen-bond donors (Lipinski definition) is 0. The first-order chi connectivity index (χ1) is 16.6. The average Bonchev–Trinajstić information content (AvgIpc) is 3.33. The second-order valence-corrected chi connectivity index (χ2v) is 10.5. The van der Waals surface area contributed by atoms with Gasteiger partial charge in [-0.05, 0) is 76.2 Å². The van der Waals surface area contributed by atoms with Crippen LogP contribution in [0.15, 0.2) is 24.3 Å². The smallest absolute Gasteiger partial charge is 0.237 e. The molecule has 0 N–H and O–H groups in total. The van der Waals surface area contributed by atoms with Crippen LogP contribution in [0, 0.1) is 0 Å². The van der Waals surface area contributed by atoms with E-state index in [1.807, 2.05) is 11.0 Å². The molecule has 1 aromatic rings. The number of rotatable bonds is 4. The van der Waals surface area contributed by atoms with E-state index in [1.54, 1.807) is 6.92 Å². The number of anilines is 1. The molecule has 34 heavy (non-hydrogen) atoms. The second-order valence-electron chi connectivity index (χ2n) is 10.5. The van der Waals surface area contributed by atoms with Crippen LogP contribution in [0.1, 0.15) is 76.7 Å². The van der Waals surface area contributed by atoms with E-state index in [4.69, 9.17) is 0 Å². The van der Waals surface area contributed by atoms with E-state index >= 15 is 0 Å². The van der Waals surface area contributed by atoms with Gasteiger partial charge in [-0.1, -0.05) is 37.5 Å². The van der Waals surface area contributed by atoms with E-state index in [1.165, 1.54) is 45.2 Å². The molecule has 1 atom stereocenters. The fourth-order valence-corrected chi connectivity index (χ4v) is 6.01. The van der Waals surface area contributed by atoms with Gasteiger partial charge in [-0.2, -0.15) is 0 Å². The molecule has 3 aliphatic rings. The van der Waals surface area contributed by atoms with Gasteiger partial charge in [-0.3, -0.25) is 14.5 Å². The third kappa shape index (κ3) is 6.82. The van der Waals surface area contributed by atoms with Gasteiger partial charge in [0.1, 0.15) is 0 Å². The van der Waals surface area contributed by atoms with Crippen LogP contribution in [0.25, 0.3) is 0 Å². The van der Waals surface area contributed by atoms with Crippen LogP contribution in [-0.4, -0.2) is 78.4 Å². The molecule has 0 spiro atoms. The number of piperidine rings is 1. The van der Waals surface area contributed by atoms with Gasteiger partial charge in [0, 0.05) is 44.8 Å². The van der Waals surface area contributed by atoms with Crippen molar-refractivity contribution in [1.82, 2.24) is 14.7 Å². The van der Waals surface area contributed by atoms with Crippen molar-refractivity contribution in [2.75, 3.05) is 50.7 Å². The Morgan fingerprint density at radius 1 is 0.794 bits per heavy atom. The van der Waals surface area contributed by atoms with Crippen molar-refractivity contribution in [3.63, 3.8) is 0 Å². The van der Waals surface area contributed by atoms with Gasteiger partial charge >= 0.3 is 0 Å². The molecule has 4 rings (SSSR count). The van der Waals surface area contributed by atoms with Gasteiger partial charge in [0.05, 0.1) is 6.54 Å². The SMILES string of the molecule is CC(=O)N1CCCCCCCN(CC(=O)N2CCCCC2CN2CCCC2)Cc2ccccc21. The highest BCUT2D eigenvalue weighted by Gasteiger charge is 2.30. The molecule has 0 bridgehead atoms.